The monoisotopic (exact) mass is 453 g/mol. The minimum absolute atomic E-state index is 0.203. The number of rotatable bonds is 1. The van der Waals surface area contributed by atoms with Gasteiger partial charge in [-0.15, -0.1) is 11.8 Å². The van der Waals surface area contributed by atoms with Gasteiger partial charge in [-0.3, -0.25) is 0 Å². The molecule has 2 unspecified atom stereocenters. The van der Waals surface area contributed by atoms with Crippen molar-refractivity contribution in [1.29, 1.82) is 0 Å². The molecule has 0 bridgehead atoms. The van der Waals surface area contributed by atoms with Gasteiger partial charge in [0.1, 0.15) is 5.03 Å². The van der Waals surface area contributed by atoms with Crippen LogP contribution in [0.5, 0.6) is 5.88 Å². The molecule has 2 aromatic carbocycles. The number of pyridine rings is 1. The lowest BCUT2D eigenvalue weighted by molar-refractivity contribution is 0.205. The number of para-hydroxylation sites is 1. The van der Waals surface area contributed by atoms with E-state index in [1.165, 1.54) is 5.56 Å². The molecule has 0 radical (unpaired) electrons. The van der Waals surface area contributed by atoms with Crippen molar-refractivity contribution in [1.82, 2.24) is 14.8 Å². The summed E-state index contributed by atoms with van der Waals surface area (Å²) in [4.78, 5) is 4.96. The molecule has 0 aliphatic carbocycles. The van der Waals surface area contributed by atoms with Crippen molar-refractivity contribution >= 4 is 45.9 Å². The molecule has 150 valence electrons. The fourth-order valence-electron chi connectivity index (χ4n) is 4.54. The maximum atomic E-state index is 6.48. The summed E-state index contributed by atoms with van der Waals surface area (Å²) in [5.41, 5.74) is 5.10. The van der Waals surface area contributed by atoms with Crippen molar-refractivity contribution in [3.63, 3.8) is 0 Å². The Morgan fingerprint density at radius 3 is 2.90 bits per heavy atom. The minimum atomic E-state index is 0.203. The third-order valence-corrected chi connectivity index (χ3v) is 7.65. The fraction of sp³-hybridized carbons (Fsp3) is 0.217. The Labute approximate surface area is 188 Å². The maximum absolute atomic E-state index is 6.48. The summed E-state index contributed by atoms with van der Waals surface area (Å²) in [6, 6.07) is 16.0. The van der Waals surface area contributed by atoms with Gasteiger partial charge < -0.3 is 4.74 Å². The third-order valence-electron chi connectivity index (χ3n) is 5.90. The zero-order chi connectivity index (χ0) is 20.4. The number of aromatic nitrogens is 3. The van der Waals surface area contributed by atoms with Crippen LogP contribution < -0.4 is 4.74 Å². The zero-order valence-electron chi connectivity index (χ0n) is 16.1. The summed E-state index contributed by atoms with van der Waals surface area (Å²) in [5.74, 6) is 2.31. The summed E-state index contributed by atoms with van der Waals surface area (Å²) < 4.78 is 8.06. The van der Waals surface area contributed by atoms with E-state index in [9.17, 15) is 0 Å². The summed E-state index contributed by atoms with van der Waals surface area (Å²) in [6.07, 6.45) is 0. The highest BCUT2D eigenvalue weighted by molar-refractivity contribution is 7.99. The molecule has 0 saturated carbocycles. The van der Waals surface area contributed by atoms with Crippen LogP contribution in [-0.4, -0.2) is 27.1 Å². The van der Waals surface area contributed by atoms with Gasteiger partial charge in [-0.25, -0.2) is 4.98 Å². The van der Waals surface area contributed by atoms with Crippen LogP contribution in [0.1, 0.15) is 22.7 Å². The van der Waals surface area contributed by atoms with Crippen LogP contribution in [0.4, 0.5) is 0 Å². The average molecular weight is 454 g/mol. The average Bonchev–Trinajstić information content (AvgIpc) is 3.10. The molecule has 4 nitrogen and oxygen atoms in total. The van der Waals surface area contributed by atoms with Crippen molar-refractivity contribution in [2.45, 2.75) is 17.9 Å². The predicted molar refractivity (Wildman–Crippen MR) is 122 cm³/mol. The van der Waals surface area contributed by atoms with E-state index in [1.54, 1.807) is 16.8 Å². The highest BCUT2D eigenvalue weighted by Crippen LogP contribution is 2.51. The molecule has 0 N–H and O–H groups in total. The second kappa shape index (κ2) is 6.91. The van der Waals surface area contributed by atoms with Crippen LogP contribution in [-0.2, 0) is 0 Å². The SMILES string of the molecule is Cc1nn(-c2cc(Cl)ccc2Cl)c2c1C1c3cc4ccccc4nc3SCC1CO2. The third kappa shape index (κ3) is 2.76. The van der Waals surface area contributed by atoms with Crippen LogP contribution in [0.2, 0.25) is 10.0 Å². The van der Waals surface area contributed by atoms with Crippen LogP contribution in [0, 0.1) is 12.8 Å². The van der Waals surface area contributed by atoms with Gasteiger partial charge >= 0.3 is 0 Å². The molecule has 30 heavy (non-hydrogen) atoms. The van der Waals surface area contributed by atoms with E-state index in [0.717, 1.165) is 44.5 Å². The van der Waals surface area contributed by atoms with Crippen LogP contribution >= 0.6 is 35.0 Å². The lowest BCUT2D eigenvalue weighted by atomic mass is 9.80. The Balaban J connectivity index is 1.57. The van der Waals surface area contributed by atoms with Crippen LogP contribution in [0.15, 0.2) is 53.6 Å². The highest BCUT2D eigenvalue weighted by atomic mass is 35.5. The highest BCUT2D eigenvalue weighted by Gasteiger charge is 2.41. The molecule has 7 heteroatoms. The number of hydrogen-bond acceptors (Lipinski definition) is 4. The van der Waals surface area contributed by atoms with Crippen molar-refractivity contribution in [2.75, 3.05) is 12.4 Å². The van der Waals surface area contributed by atoms with Crippen molar-refractivity contribution in [3.05, 3.63) is 75.4 Å². The second-order valence-corrected chi connectivity index (χ2v) is 9.60. The first-order chi connectivity index (χ1) is 14.6. The number of aryl methyl sites for hydroxylation is 1. The molecule has 0 fully saturated rings. The van der Waals surface area contributed by atoms with Crippen LogP contribution in [0.25, 0.3) is 16.6 Å². The largest absolute Gasteiger partial charge is 0.477 e. The van der Waals surface area contributed by atoms with E-state index in [0.29, 0.717) is 22.6 Å². The van der Waals surface area contributed by atoms with E-state index in [-0.39, 0.29) is 5.92 Å². The minimum Gasteiger partial charge on any atom is -0.477 e. The topological polar surface area (TPSA) is 39.9 Å². The van der Waals surface area contributed by atoms with Gasteiger partial charge in [0.05, 0.1) is 28.5 Å². The van der Waals surface area contributed by atoms with Gasteiger partial charge in [-0.05, 0) is 42.8 Å². The van der Waals surface area contributed by atoms with E-state index in [2.05, 4.69) is 24.3 Å². The molecule has 6 rings (SSSR count). The zero-order valence-corrected chi connectivity index (χ0v) is 18.4. The number of benzene rings is 2. The van der Waals surface area contributed by atoms with E-state index in [1.807, 2.05) is 30.8 Å². The molecule has 0 saturated heterocycles. The summed E-state index contributed by atoms with van der Waals surface area (Å²) in [7, 11) is 0. The maximum Gasteiger partial charge on any atom is 0.220 e. The quantitative estimate of drug-likeness (QED) is 0.339. The Kier molecular flexibility index (Phi) is 4.27. The van der Waals surface area contributed by atoms with Gasteiger partial charge in [-0.2, -0.15) is 9.78 Å². The number of fused-ring (bicyclic) bond motifs is 6. The van der Waals surface area contributed by atoms with Gasteiger partial charge in [0.25, 0.3) is 0 Å². The molecule has 2 aromatic heterocycles. The summed E-state index contributed by atoms with van der Waals surface area (Å²) in [6.45, 7) is 2.68. The number of halogens is 2. The summed E-state index contributed by atoms with van der Waals surface area (Å²) in [5, 5.41) is 8.28. The van der Waals surface area contributed by atoms with E-state index >= 15 is 0 Å². The first kappa shape index (κ1) is 18.6. The molecular weight excluding hydrogens is 437 g/mol. The Morgan fingerprint density at radius 1 is 1.13 bits per heavy atom. The fourth-order valence-corrected chi connectivity index (χ4v) is 6.08. The van der Waals surface area contributed by atoms with Gasteiger partial charge in [0.15, 0.2) is 0 Å². The Morgan fingerprint density at radius 2 is 2.00 bits per heavy atom. The lowest BCUT2D eigenvalue weighted by Crippen LogP contribution is -2.32. The van der Waals surface area contributed by atoms with Crippen molar-refractivity contribution in [2.24, 2.45) is 5.92 Å². The normalized spacial score (nSPS) is 19.7. The number of hydrogen-bond donors (Lipinski definition) is 0. The number of nitrogens with zero attached hydrogens (tertiary/aromatic N) is 3. The second-order valence-electron chi connectivity index (χ2n) is 7.75. The predicted octanol–water partition coefficient (Wildman–Crippen LogP) is 6.28. The number of ether oxygens (including phenoxy) is 1. The first-order valence-corrected chi connectivity index (χ1v) is 11.5. The Bertz CT molecular complexity index is 1320. The number of thioether (sulfide) groups is 1. The van der Waals surface area contributed by atoms with Gasteiger partial charge in [0, 0.05) is 33.6 Å². The van der Waals surface area contributed by atoms with Crippen molar-refractivity contribution < 1.29 is 4.74 Å². The molecule has 2 atom stereocenters. The lowest BCUT2D eigenvalue weighted by Gasteiger charge is -2.36. The molecule has 2 aliphatic rings. The molecule has 4 aromatic rings. The first-order valence-electron chi connectivity index (χ1n) is 9.80. The summed E-state index contributed by atoms with van der Waals surface area (Å²) >= 11 is 14.5. The standard InChI is InChI=1S/C23H17Cl2N3OS/c1-12-20-21-14(11-30-22-16(21)8-13-4-2-3-5-18(13)26-22)10-29-23(20)28(27-12)19-9-15(24)6-7-17(19)25/h2-9,14,21H,10-11H2,1H3. The van der Waals surface area contributed by atoms with E-state index < -0.39 is 0 Å². The smallest absolute Gasteiger partial charge is 0.220 e. The van der Waals surface area contributed by atoms with Gasteiger partial charge in [0.2, 0.25) is 5.88 Å². The molecule has 0 amide bonds. The molecule has 2 aliphatic heterocycles. The Hall–Kier alpha value is -2.21. The molecule has 4 heterocycles. The van der Waals surface area contributed by atoms with Crippen LogP contribution in [0.3, 0.4) is 0 Å². The van der Waals surface area contributed by atoms with Crippen molar-refractivity contribution in [3.8, 4) is 11.6 Å². The molecular formula is C23H17Cl2N3OS. The van der Waals surface area contributed by atoms with E-state index in [4.69, 9.17) is 38.0 Å². The van der Waals surface area contributed by atoms with Gasteiger partial charge in [-0.1, -0.05) is 41.4 Å². The molecule has 0 spiro atoms.